The summed E-state index contributed by atoms with van der Waals surface area (Å²) in [5.41, 5.74) is 7.88. The van der Waals surface area contributed by atoms with Crippen molar-refractivity contribution in [1.29, 1.82) is 0 Å². The van der Waals surface area contributed by atoms with Crippen molar-refractivity contribution in [2.45, 2.75) is 6.54 Å². The van der Waals surface area contributed by atoms with Crippen LogP contribution in [0.4, 0.5) is 5.95 Å². The molecule has 104 valence electrons. The number of hydrogen-bond acceptors (Lipinski definition) is 4. The maximum absolute atomic E-state index is 5.94. The number of imidazole rings is 1. The molecule has 1 heterocycles. The van der Waals surface area contributed by atoms with Gasteiger partial charge in [-0.3, -0.25) is 0 Å². The predicted molar refractivity (Wildman–Crippen MR) is 81.2 cm³/mol. The van der Waals surface area contributed by atoms with Crippen molar-refractivity contribution in [3.05, 3.63) is 22.7 Å². The third-order valence-electron chi connectivity index (χ3n) is 2.88. The van der Waals surface area contributed by atoms with Crippen LogP contribution in [0.2, 0.25) is 0 Å². The molecule has 6 heteroatoms. The fourth-order valence-electron chi connectivity index (χ4n) is 1.86. The van der Waals surface area contributed by atoms with Crippen molar-refractivity contribution in [3.63, 3.8) is 0 Å². The molecule has 0 aliphatic rings. The van der Waals surface area contributed by atoms with Gasteiger partial charge in [-0.2, -0.15) is 0 Å². The van der Waals surface area contributed by atoms with E-state index in [1.54, 1.807) is 0 Å². The lowest BCUT2D eigenvalue weighted by Gasteiger charge is -2.11. The second-order valence-corrected chi connectivity index (χ2v) is 5.59. The van der Waals surface area contributed by atoms with Crippen LogP contribution in [-0.2, 0) is 11.3 Å². The van der Waals surface area contributed by atoms with Gasteiger partial charge in [-0.05, 0) is 32.3 Å². The summed E-state index contributed by atoms with van der Waals surface area (Å²) in [7, 11) is 4.06. The summed E-state index contributed by atoms with van der Waals surface area (Å²) < 4.78 is 8.58. The summed E-state index contributed by atoms with van der Waals surface area (Å²) in [4.78, 5) is 6.44. The molecular weight excluding hydrogens is 308 g/mol. The Balaban J connectivity index is 1.98. The van der Waals surface area contributed by atoms with Gasteiger partial charge in [0.05, 0.1) is 24.2 Å². The quantitative estimate of drug-likeness (QED) is 0.824. The minimum Gasteiger partial charge on any atom is -0.378 e. The lowest BCUT2D eigenvalue weighted by Crippen LogP contribution is -2.19. The third kappa shape index (κ3) is 3.68. The number of nitrogen functional groups attached to an aromatic ring is 1. The monoisotopic (exact) mass is 326 g/mol. The highest BCUT2D eigenvalue weighted by molar-refractivity contribution is 9.10. The minimum absolute atomic E-state index is 0.532. The fourth-order valence-corrected chi connectivity index (χ4v) is 2.21. The molecule has 0 radical (unpaired) electrons. The molecule has 5 nitrogen and oxygen atoms in total. The van der Waals surface area contributed by atoms with E-state index in [-0.39, 0.29) is 0 Å². The maximum atomic E-state index is 5.94. The Morgan fingerprint density at radius 1 is 1.37 bits per heavy atom. The second kappa shape index (κ2) is 6.36. The Labute approximate surface area is 121 Å². The van der Waals surface area contributed by atoms with Crippen LogP contribution >= 0.6 is 15.9 Å². The zero-order valence-corrected chi connectivity index (χ0v) is 12.9. The van der Waals surface area contributed by atoms with E-state index >= 15 is 0 Å². The lowest BCUT2D eigenvalue weighted by atomic mass is 10.3. The average molecular weight is 327 g/mol. The van der Waals surface area contributed by atoms with Gasteiger partial charge in [-0.15, -0.1) is 0 Å². The van der Waals surface area contributed by atoms with Crippen LogP contribution in [-0.4, -0.2) is 48.3 Å². The van der Waals surface area contributed by atoms with E-state index in [2.05, 4.69) is 25.8 Å². The Bertz CT molecular complexity index is 553. The zero-order chi connectivity index (χ0) is 13.8. The van der Waals surface area contributed by atoms with Gasteiger partial charge in [-0.1, -0.05) is 15.9 Å². The molecule has 1 aromatic carbocycles. The SMILES string of the molecule is CN(C)CCOCCn1c(N)nc2cc(Br)ccc21. The predicted octanol–water partition coefficient (Wildman–Crippen LogP) is 1.96. The van der Waals surface area contributed by atoms with E-state index < -0.39 is 0 Å². The lowest BCUT2D eigenvalue weighted by molar-refractivity contribution is 0.112. The summed E-state index contributed by atoms with van der Waals surface area (Å²) in [5.74, 6) is 0.532. The Kier molecular flexibility index (Phi) is 4.79. The summed E-state index contributed by atoms with van der Waals surface area (Å²) in [5, 5.41) is 0. The molecule has 0 spiro atoms. The van der Waals surface area contributed by atoms with Gasteiger partial charge in [0.15, 0.2) is 0 Å². The van der Waals surface area contributed by atoms with Crippen LogP contribution in [0.3, 0.4) is 0 Å². The fraction of sp³-hybridized carbons (Fsp3) is 0.462. The van der Waals surface area contributed by atoms with Gasteiger partial charge in [0.2, 0.25) is 5.95 Å². The molecule has 0 amide bonds. The number of aromatic nitrogens is 2. The molecule has 2 N–H and O–H groups in total. The Morgan fingerprint density at radius 3 is 2.89 bits per heavy atom. The molecule has 2 aromatic rings. The number of nitrogens with two attached hydrogens (primary N) is 1. The number of halogens is 1. The smallest absolute Gasteiger partial charge is 0.201 e. The molecule has 0 atom stereocenters. The minimum atomic E-state index is 0.532. The number of hydrogen-bond donors (Lipinski definition) is 1. The number of anilines is 1. The first-order valence-electron chi connectivity index (χ1n) is 6.21. The standard InChI is InChI=1S/C13H19BrN4O/c1-17(2)5-7-19-8-6-18-12-4-3-10(14)9-11(12)16-13(18)15/h3-4,9H,5-8H2,1-2H3,(H2,15,16). The molecule has 0 unspecified atom stereocenters. The number of fused-ring (bicyclic) bond motifs is 1. The third-order valence-corrected chi connectivity index (χ3v) is 3.38. The summed E-state index contributed by atoms with van der Waals surface area (Å²) >= 11 is 3.43. The first-order valence-corrected chi connectivity index (χ1v) is 7.01. The van der Waals surface area contributed by atoms with Gasteiger partial charge < -0.3 is 19.9 Å². The maximum Gasteiger partial charge on any atom is 0.201 e. The molecule has 0 aliphatic heterocycles. The van der Waals surface area contributed by atoms with Crippen LogP contribution < -0.4 is 5.73 Å². The molecule has 0 saturated carbocycles. The molecule has 2 rings (SSSR count). The number of benzene rings is 1. The molecular formula is C13H19BrN4O. The van der Waals surface area contributed by atoms with Crippen molar-refractivity contribution in [2.24, 2.45) is 0 Å². The van der Waals surface area contributed by atoms with E-state index in [4.69, 9.17) is 10.5 Å². The summed E-state index contributed by atoms with van der Waals surface area (Å²) in [6.07, 6.45) is 0. The number of likely N-dealkylation sites (N-methyl/N-ethyl adjacent to an activating group) is 1. The van der Waals surface area contributed by atoms with Crippen LogP contribution in [0.1, 0.15) is 0 Å². The number of ether oxygens (including phenoxy) is 1. The largest absolute Gasteiger partial charge is 0.378 e. The molecule has 0 fully saturated rings. The van der Waals surface area contributed by atoms with E-state index in [0.29, 0.717) is 12.6 Å². The van der Waals surface area contributed by atoms with Crippen molar-refractivity contribution >= 4 is 32.9 Å². The van der Waals surface area contributed by atoms with Crippen LogP contribution in [0.5, 0.6) is 0 Å². The molecule has 19 heavy (non-hydrogen) atoms. The van der Waals surface area contributed by atoms with E-state index in [9.17, 15) is 0 Å². The summed E-state index contributed by atoms with van der Waals surface area (Å²) in [6, 6.07) is 5.98. The number of nitrogens with zero attached hydrogens (tertiary/aromatic N) is 3. The van der Waals surface area contributed by atoms with E-state index in [0.717, 1.165) is 35.2 Å². The molecule has 1 aromatic heterocycles. The molecule has 0 bridgehead atoms. The van der Waals surface area contributed by atoms with Gasteiger partial charge in [0.1, 0.15) is 0 Å². The molecule has 0 aliphatic carbocycles. The highest BCUT2D eigenvalue weighted by atomic mass is 79.9. The van der Waals surface area contributed by atoms with Crippen molar-refractivity contribution in [1.82, 2.24) is 14.5 Å². The highest BCUT2D eigenvalue weighted by Crippen LogP contribution is 2.21. The van der Waals surface area contributed by atoms with E-state index in [1.165, 1.54) is 0 Å². The van der Waals surface area contributed by atoms with Crippen molar-refractivity contribution in [2.75, 3.05) is 39.6 Å². The Hall–Kier alpha value is -1.11. The van der Waals surface area contributed by atoms with Crippen molar-refractivity contribution in [3.8, 4) is 0 Å². The van der Waals surface area contributed by atoms with Crippen molar-refractivity contribution < 1.29 is 4.74 Å². The van der Waals surface area contributed by atoms with Gasteiger partial charge >= 0.3 is 0 Å². The van der Waals surface area contributed by atoms with Gasteiger partial charge in [0, 0.05) is 17.6 Å². The first-order chi connectivity index (χ1) is 9.08. The van der Waals surface area contributed by atoms with E-state index in [1.807, 2.05) is 36.9 Å². The molecule has 0 saturated heterocycles. The van der Waals surface area contributed by atoms with Gasteiger partial charge in [0.25, 0.3) is 0 Å². The van der Waals surface area contributed by atoms with Crippen LogP contribution in [0.15, 0.2) is 22.7 Å². The first kappa shape index (κ1) is 14.3. The zero-order valence-electron chi connectivity index (χ0n) is 11.3. The highest BCUT2D eigenvalue weighted by Gasteiger charge is 2.07. The van der Waals surface area contributed by atoms with Gasteiger partial charge in [-0.25, -0.2) is 4.98 Å². The summed E-state index contributed by atoms with van der Waals surface area (Å²) in [6.45, 7) is 3.01. The Morgan fingerprint density at radius 2 is 2.16 bits per heavy atom. The second-order valence-electron chi connectivity index (χ2n) is 4.67. The normalized spacial score (nSPS) is 11.6. The van der Waals surface area contributed by atoms with Crippen LogP contribution in [0, 0.1) is 0 Å². The average Bonchev–Trinajstić information content (AvgIpc) is 2.64. The van der Waals surface area contributed by atoms with Crippen LogP contribution in [0.25, 0.3) is 11.0 Å². The number of rotatable bonds is 6. The topological polar surface area (TPSA) is 56.3 Å².